The molecule has 0 saturated carbocycles. The summed E-state index contributed by atoms with van der Waals surface area (Å²) < 4.78 is 14.6. The normalized spacial score (nSPS) is 12.2. The van der Waals surface area contributed by atoms with Gasteiger partial charge >= 0.3 is 0 Å². The minimum atomic E-state index is -0.540. The first-order valence-corrected chi connectivity index (χ1v) is 10.8. The maximum Gasteiger partial charge on any atom is 0.260 e. The van der Waals surface area contributed by atoms with Gasteiger partial charge in [0.15, 0.2) is 11.6 Å². The van der Waals surface area contributed by atoms with Crippen molar-refractivity contribution in [1.82, 2.24) is 0 Å². The van der Waals surface area contributed by atoms with E-state index >= 15 is 0 Å². The Hall–Kier alpha value is -3.84. The lowest BCUT2D eigenvalue weighted by Gasteiger charge is -2.27. The van der Waals surface area contributed by atoms with Gasteiger partial charge in [-0.25, -0.2) is 4.39 Å². The molecule has 0 aliphatic heterocycles. The third-order valence-electron chi connectivity index (χ3n) is 5.57. The summed E-state index contributed by atoms with van der Waals surface area (Å²) in [7, 11) is 0. The lowest BCUT2D eigenvalue weighted by Crippen LogP contribution is -2.34. The average Bonchev–Trinajstić information content (AvgIpc) is 2.84. The first-order chi connectivity index (χ1) is 16.0. The number of hydrogen-bond acceptors (Lipinski definition) is 5. The van der Waals surface area contributed by atoms with Crippen LogP contribution in [-0.2, 0) is 0 Å². The molecule has 4 rings (SSSR count). The van der Waals surface area contributed by atoms with Crippen LogP contribution in [0.1, 0.15) is 55.5 Å². The highest BCUT2D eigenvalue weighted by Crippen LogP contribution is 2.35. The molecule has 6 nitrogen and oxygen atoms in total. The molecule has 0 spiro atoms. The van der Waals surface area contributed by atoms with Crippen molar-refractivity contribution in [3.8, 4) is 0 Å². The number of para-hydroxylation sites is 1. The highest BCUT2D eigenvalue weighted by Gasteiger charge is 2.34. The number of amides is 1. The third-order valence-corrected chi connectivity index (χ3v) is 5.57. The van der Waals surface area contributed by atoms with Gasteiger partial charge in [0.2, 0.25) is 0 Å². The molecule has 1 aliphatic rings. The van der Waals surface area contributed by atoms with Crippen LogP contribution in [0.25, 0.3) is 0 Å². The molecule has 3 aromatic rings. The lowest BCUT2D eigenvalue weighted by molar-refractivity contribution is 0.0975. The topological polar surface area (TPSA) is 86.7 Å². The lowest BCUT2D eigenvalue weighted by atomic mass is 9.82. The second kappa shape index (κ2) is 9.34. The molecule has 7 heteroatoms. The zero-order valence-corrected chi connectivity index (χ0v) is 18.1. The maximum absolute atomic E-state index is 14.6. The molecule has 0 saturated heterocycles. The minimum absolute atomic E-state index is 0.0628. The summed E-state index contributed by atoms with van der Waals surface area (Å²) in [5.41, 5.74) is 1.25. The Labute approximate surface area is 190 Å². The van der Waals surface area contributed by atoms with Crippen LogP contribution >= 0.6 is 0 Å². The van der Waals surface area contributed by atoms with Gasteiger partial charge in [-0.1, -0.05) is 43.3 Å². The van der Waals surface area contributed by atoms with E-state index in [2.05, 4.69) is 5.32 Å². The van der Waals surface area contributed by atoms with Crippen LogP contribution < -0.4 is 10.2 Å². The number of carbonyl (C=O) groups excluding carboxylic acids is 3. The Morgan fingerprint density at radius 2 is 1.61 bits per heavy atom. The van der Waals surface area contributed by atoms with Crippen molar-refractivity contribution in [3.05, 3.63) is 94.3 Å². The highest BCUT2D eigenvalue weighted by molar-refractivity contribution is 6.31. The van der Waals surface area contributed by atoms with Gasteiger partial charge in [-0.3, -0.25) is 14.4 Å². The summed E-state index contributed by atoms with van der Waals surface area (Å²) in [4.78, 5) is 41.5. The molecular weight excluding hydrogens is 423 g/mol. The van der Waals surface area contributed by atoms with Crippen molar-refractivity contribution in [3.63, 3.8) is 0 Å². The van der Waals surface area contributed by atoms with Crippen LogP contribution in [-0.4, -0.2) is 42.3 Å². The molecule has 33 heavy (non-hydrogen) atoms. The molecule has 0 bridgehead atoms. The molecule has 0 atom stereocenters. The summed E-state index contributed by atoms with van der Waals surface area (Å²) in [5.74, 6) is -1.75. The van der Waals surface area contributed by atoms with Crippen molar-refractivity contribution in [2.45, 2.75) is 13.3 Å². The number of rotatable bonds is 7. The molecule has 2 N–H and O–H groups in total. The van der Waals surface area contributed by atoms with Crippen LogP contribution in [0.5, 0.6) is 0 Å². The van der Waals surface area contributed by atoms with Crippen LogP contribution in [0.3, 0.4) is 0 Å². The van der Waals surface area contributed by atoms with E-state index in [0.717, 1.165) is 0 Å². The number of halogens is 1. The highest BCUT2D eigenvalue weighted by atomic mass is 19.1. The van der Waals surface area contributed by atoms with Gasteiger partial charge in [-0.15, -0.1) is 0 Å². The zero-order valence-electron chi connectivity index (χ0n) is 18.1. The molecule has 3 aromatic carbocycles. The molecule has 0 heterocycles. The summed E-state index contributed by atoms with van der Waals surface area (Å²) >= 11 is 0. The number of aliphatic hydroxyl groups excluding tert-OH is 1. The van der Waals surface area contributed by atoms with E-state index in [1.165, 1.54) is 29.2 Å². The summed E-state index contributed by atoms with van der Waals surface area (Å²) in [6, 6.07) is 15.5. The standard InChI is InChI=1S/C26H23FN2O4/c1-2-14-29(21-10-6-5-9-20(21)27)26(33)19-12-11-18-22(23(19)28-13-15-30)25(32)17-8-4-3-7-16(17)24(18)31/h3-12,28,30H,2,13-15H2,1H3. The molecule has 1 aliphatic carbocycles. The van der Waals surface area contributed by atoms with E-state index in [1.807, 2.05) is 6.92 Å². The second-order valence-corrected chi connectivity index (χ2v) is 7.67. The number of nitrogens with zero attached hydrogens (tertiary/aromatic N) is 1. The van der Waals surface area contributed by atoms with Crippen molar-refractivity contribution >= 4 is 28.8 Å². The predicted octanol–water partition coefficient (Wildman–Crippen LogP) is 4.06. The maximum atomic E-state index is 14.6. The fraction of sp³-hybridized carbons (Fsp3) is 0.192. The number of aliphatic hydroxyl groups is 1. The Kier molecular flexibility index (Phi) is 6.33. The van der Waals surface area contributed by atoms with Gasteiger partial charge in [-0.05, 0) is 30.7 Å². The fourth-order valence-corrected chi connectivity index (χ4v) is 4.10. The minimum Gasteiger partial charge on any atom is -0.395 e. The number of nitrogens with one attached hydrogen (secondary N) is 1. The first kappa shape index (κ1) is 22.4. The summed E-state index contributed by atoms with van der Waals surface area (Å²) in [5, 5.41) is 12.3. The van der Waals surface area contributed by atoms with Crippen molar-refractivity contribution < 1.29 is 23.9 Å². The Balaban J connectivity index is 1.89. The van der Waals surface area contributed by atoms with Gasteiger partial charge in [0.05, 0.1) is 29.1 Å². The number of anilines is 2. The van der Waals surface area contributed by atoms with Crippen molar-refractivity contribution in [1.29, 1.82) is 0 Å². The second-order valence-electron chi connectivity index (χ2n) is 7.67. The number of carbonyl (C=O) groups is 3. The van der Waals surface area contributed by atoms with Gasteiger partial charge in [0, 0.05) is 29.8 Å². The Bertz CT molecular complexity index is 1250. The van der Waals surface area contributed by atoms with E-state index in [-0.39, 0.29) is 64.9 Å². The van der Waals surface area contributed by atoms with Gasteiger partial charge in [0.25, 0.3) is 5.91 Å². The van der Waals surface area contributed by atoms with Gasteiger partial charge in [0.1, 0.15) is 5.82 Å². The number of hydrogen-bond donors (Lipinski definition) is 2. The van der Waals surface area contributed by atoms with E-state index in [0.29, 0.717) is 12.0 Å². The monoisotopic (exact) mass is 446 g/mol. The van der Waals surface area contributed by atoms with E-state index in [9.17, 15) is 23.9 Å². The van der Waals surface area contributed by atoms with Crippen LogP contribution in [0.15, 0.2) is 60.7 Å². The number of ketones is 2. The Morgan fingerprint density at radius 1 is 0.939 bits per heavy atom. The quantitative estimate of drug-likeness (QED) is 0.447. The molecule has 0 fully saturated rings. The van der Waals surface area contributed by atoms with Gasteiger partial charge < -0.3 is 15.3 Å². The fourth-order valence-electron chi connectivity index (χ4n) is 4.10. The van der Waals surface area contributed by atoms with Crippen LogP contribution in [0.4, 0.5) is 15.8 Å². The first-order valence-electron chi connectivity index (χ1n) is 10.8. The average molecular weight is 446 g/mol. The zero-order chi connectivity index (χ0) is 23.5. The van der Waals surface area contributed by atoms with E-state index in [1.54, 1.807) is 36.4 Å². The number of fused-ring (bicyclic) bond motifs is 2. The molecule has 168 valence electrons. The summed E-state index contributed by atoms with van der Waals surface area (Å²) in [6.07, 6.45) is 0.579. The third kappa shape index (κ3) is 3.91. The molecule has 1 amide bonds. The van der Waals surface area contributed by atoms with E-state index in [4.69, 9.17) is 0 Å². The largest absolute Gasteiger partial charge is 0.395 e. The molecule has 0 unspecified atom stereocenters. The predicted molar refractivity (Wildman–Crippen MR) is 124 cm³/mol. The summed E-state index contributed by atoms with van der Waals surface area (Å²) in [6.45, 7) is 1.94. The Morgan fingerprint density at radius 3 is 2.27 bits per heavy atom. The van der Waals surface area contributed by atoms with Crippen LogP contribution in [0, 0.1) is 5.82 Å². The SMILES string of the molecule is CCCN(C(=O)c1ccc2c(c1NCCO)C(=O)c1ccccc1C2=O)c1ccccc1F. The van der Waals surface area contributed by atoms with Gasteiger partial charge in [-0.2, -0.15) is 0 Å². The number of benzene rings is 3. The smallest absolute Gasteiger partial charge is 0.260 e. The molecule has 0 aromatic heterocycles. The van der Waals surface area contributed by atoms with Crippen molar-refractivity contribution in [2.75, 3.05) is 29.9 Å². The van der Waals surface area contributed by atoms with Crippen LogP contribution in [0.2, 0.25) is 0 Å². The molecule has 0 radical (unpaired) electrons. The molecular formula is C26H23FN2O4. The van der Waals surface area contributed by atoms with E-state index < -0.39 is 11.7 Å². The van der Waals surface area contributed by atoms with Crippen molar-refractivity contribution in [2.24, 2.45) is 0 Å².